The number of hydrogen-bond acceptors (Lipinski definition) is 9. The lowest BCUT2D eigenvalue weighted by Gasteiger charge is -2.50. The molecule has 40 heavy (non-hydrogen) atoms. The first-order valence-corrected chi connectivity index (χ1v) is 12.6. The van der Waals surface area contributed by atoms with Crippen molar-refractivity contribution in [3.05, 3.63) is 81.6 Å². The topological polar surface area (TPSA) is 178 Å². The highest BCUT2D eigenvalue weighted by molar-refractivity contribution is 6.25. The molecule has 10 heteroatoms. The number of rotatable bonds is 4. The number of hydrogen-bond donors (Lipinski definition) is 5. The molecule has 0 bridgehead atoms. The molecule has 2 aromatic carbocycles. The van der Waals surface area contributed by atoms with Gasteiger partial charge in [0, 0.05) is 23.0 Å². The fourth-order valence-electron chi connectivity index (χ4n) is 6.26. The van der Waals surface area contributed by atoms with Gasteiger partial charge >= 0.3 is 0 Å². The molecule has 0 radical (unpaired) electrons. The lowest BCUT2D eigenvalue weighted by molar-refractivity contribution is -0.152. The van der Waals surface area contributed by atoms with Crippen LogP contribution in [0.2, 0.25) is 0 Å². The van der Waals surface area contributed by atoms with Crippen LogP contribution >= 0.6 is 0 Å². The van der Waals surface area contributed by atoms with Gasteiger partial charge in [0.1, 0.15) is 22.8 Å². The molecule has 0 aromatic heterocycles. The highest BCUT2D eigenvalue weighted by Crippen LogP contribution is 2.56. The van der Waals surface area contributed by atoms with Crippen LogP contribution in [0.3, 0.4) is 0 Å². The minimum atomic E-state index is -2.73. The molecule has 0 spiro atoms. The highest BCUT2D eigenvalue weighted by atomic mass is 16.3. The number of primary amides is 1. The van der Waals surface area contributed by atoms with E-state index in [1.807, 2.05) is 0 Å². The molecular weight excluding hydrogens is 516 g/mol. The second kappa shape index (κ2) is 9.29. The predicted octanol–water partition coefficient (Wildman–Crippen LogP) is 2.16. The Bertz CT molecular complexity index is 1600. The van der Waals surface area contributed by atoms with E-state index < -0.39 is 58.0 Å². The molecule has 10 nitrogen and oxygen atoms in total. The third kappa shape index (κ3) is 3.71. The van der Waals surface area contributed by atoms with Gasteiger partial charge in [-0.15, -0.1) is 0 Å². The Morgan fingerprint density at radius 3 is 2.27 bits per heavy atom. The number of aromatic hydroxyl groups is 1. The number of benzene rings is 2. The molecular formula is C30H28N2O8. The summed E-state index contributed by atoms with van der Waals surface area (Å²) in [6.07, 6.45) is 1.66. The summed E-state index contributed by atoms with van der Waals surface area (Å²) < 4.78 is 0. The third-order valence-corrected chi connectivity index (χ3v) is 8.12. The molecule has 0 unspecified atom stereocenters. The van der Waals surface area contributed by atoms with E-state index in [1.165, 1.54) is 17.9 Å². The second-order valence-electron chi connectivity index (χ2n) is 10.6. The number of likely N-dealkylation sites (N-methyl/N-ethyl adjacent to an activating group) is 1. The zero-order valence-corrected chi connectivity index (χ0v) is 22.0. The summed E-state index contributed by atoms with van der Waals surface area (Å²) in [7, 11) is 3.08. The van der Waals surface area contributed by atoms with Crippen LogP contribution in [-0.2, 0) is 14.4 Å². The van der Waals surface area contributed by atoms with Crippen molar-refractivity contribution in [3.8, 4) is 5.75 Å². The smallest absolute Gasteiger partial charge is 0.255 e. The summed E-state index contributed by atoms with van der Waals surface area (Å²) in [6, 6.07) is 10.1. The molecule has 6 N–H and O–H groups in total. The summed E-state index contributed by atoms with van der Waals surface area (Å²) in [4.78, 5) is 52.8. The maximum atomic E-state index is 14.1. The first-order valence-electron chi connectivity index (χ1n) is 12.6. The third-order valence-electron chi connectivity index (χ3n) is 8.12. The minimum absolute atomic E-state index is 0.0367. The van der Waals surface area contributed by atoms with Gasteiger partial charge < -0.3 is 26.2 Å². The maximum absolute atomic E-state index is 14.1. The van der Waals surface area contributed by atoms with E-state index in [9.17, 15) is 39.6 Å². The molecule has 1 fully saturated rings. The van der Waals surface area contributed by atoms with Crippen LogP contribution in [-0.4, -0.2) is 74.3 Å². The van der Waals surface area contributed by atoms with Crippen molar-refractivity contribution in [3.63, 3.8) is 0 Å². The lowest BCUT2D eigenvalue weighted by Crippen LogP contribution is -2.65. The Labute approximate surface area is 229 Å². The van der Waals surface area contributed by atoms with Gasteiger partial charge in [-0.3, -0.25) is 24.1 Å². The van der Waals surface area contributed by atoms with E-state index >= 15 is 0 Å². The Balaban J connectivity index is 1.78. The van der Waals surface area contributed by atoms with Crippen molar-refractivity contribution < 1.29 is 39.6 Å². The van der Waals surface area contributed by atoms with Gasteiger partial charge in [0.2, 0.25) is 5.78 Å². The molecule has 3 aliphatic carbocycles. The molecule has 2 aromatic rings. The Morgan fingerprint density at radius 2 is 1.70 bits per heavy atom. The lowest BCUT2D eigenvalue weighted by atomic mass is 9.56. The number of fused-ring (bicyclic) bond motifs is 3. The van der Waals surface area contributed by atoms with Crippen LogP contribution in [0, 0.1) is 11.8 Å². The van der Waals surface area contributed by atoms with Gasteiger partial charge in [0.05, 0.1) is 11.6 Å². The maximum Gasteiger partial charge on any atom is 0.255 e. The number of carbonyl (C=O) groups excluding carboxylic acids is 4. The van der Waals surface area contributed by atoms with E-state index in [1.54, 1.807) is 56.6 Å². The molecule has 5 rings (SSSR count). The van der Waals surface area contributed by atoms with Crippen LogP contribution in [0.5, 0.6) is 5.75 Å². The fourth-order valence-corrected chi connectivity index (χ4v) is 6.26. The number of aliphatic hydroxyl groups excluding tert-OH is 2. The molecule has 206 valence electrons. The average molecular weight is 545 g/mol. The normalized spacial score (nSPS) is 27.0. The van der Waals surface area contributed by atoms with Gasteiger partial charge in [0.15, 0.2) is 17.2 Å². The number of phenols is 1. The number of allylic oxidation sites excluding steroid dienone is 1. The standard InChI is InChI=1S/C30H28N2O8/c1-13(33)15-9-7-14(8-10-15)11-17-16-5-4-6-20(34)21(16)25(35)22-18(17)12-19-24(32(2)3)26(36)23(29(31)39)28(38)30(19,40)27(22)37/h4-11,18-19,24,34-35,38,40H,12H2,1-3H3,(H2,31,39)/b17-11+/t18-,19+,24+,30+/m1/s1. The number of nitrogens with two attached hydrogens (primary N) is 1. The minimum Gasteiger partial charge on any atom is -0.508 e. The van der Waals surface area contributed by atoms with Crippen molar-refractivity contribution in [2.75, 3.05) is 14.1 Å². The fraction of sp³-hybridized carbons (Fsp3) is 0.267. The Kier molecular flexibility index (Phi) is 6.28. The van der Waals surface area contributed by atoms with Crippen molar-refractivity contribution in [2.45, 2.75) is 25.0 Å². The van der Waals surface area contributed by atoms with Gasteiger partial charge in [-0.2, -0.15) is 0 Å². The highest BCUT2D eigenvalue weighted by Gasteiger charge is 2.64. The largest absolute Gasteiger partial charge is 0.508 e. The summed E-state index contributed by atoms with van der Waals surface area (Å²) in [5, 5.41) is 44.9. The summed E-state index contributed by atoms with van der Waals surface area (Å²) in [5.74, 6) is -7.46. The number of phenolic OH excluding ortho intramolecular Hbond substituents is 1. The molecule has 0 saturated heterocycles. The zero-order chi connectivity index (χ0) is 29.3. The van der Waals surface area contributed by atoms with E-state index in [4.69, 9.17) is 5.73 Å². The second-order valence-corrected chi connectivity index (χ2v) is 10.6. The first kappa shape index (κ1) is 27.0. The van der Waals surface area contributed by atoms with Gasteiger partial charge in [0.25, 0.3) is 5.91 Å². The number of nitrogens with zero attached hydrogens (tertiary/aromatic N) is 1. The summed E-state index contributed by atoms with van der Waals surface area (Å²) in [5.41, 5.74) is 3.56. The summed E-state index contributed by atoms with van der Waals surface area (Å²) in [6.45, 7) is 1.45. The van der Waals surface area contributed by atoms with Crippen molar-refractivity contribution in [2.24, 2.45) is 17.6 Å². The van der Waals surface area contributed by atoms with Crippen LogP contribution in [0.1, 0.15) is 40.4 Å². The van der Waals surface area contributed by atoms with Crippen LogP contribution in [0.4, 0.5) is 0 Å². The van der Waals surface area contributed by atoms with Gasteiger partial charge in [-0.25, -0.2) is 0 Å². The van der Waals surface area contributed by atoms with Gasteiger partial charge in [-0.1, -0.05) is 42.5 Å². The molecule has 1 saturated carbocycles. The number of amides is 1. The van der Waals surface area contributed by atoms with Crippen LogP contribution in [0.15, 0.2) is 59.4 Å². The molecule has 4 atom stereocenters. The van der Waals surface area contributed by atoms with Crippen molar-refractivity contribution >= 4 is 40.7 Å². The Morgan fingerprint density at radius 1 is 1.05 bits per heavy atom. The molecule has 1 amide bonds. The Hall–Kier alpha value is -4.54. The molecule has 3 aliphatic rings. The predicted molar refractivity (Wildman–Crippen MR) is 145 cm³/mol. The molecule has 0 heterocycles. The first-order chi connectivity index (χ1) is 18.8. The number of ketones is 3. The van der Waals surface area contributed by atoms with E-state index in [0.29, 0.717) is 22.3 Å². The SMILES string of the molecule is CC(=O)c1ccc(/C=C2\c3cccc(O)c3C(O)=C3C(=O)[C@]4(O)C(O)=C(C(N)=O)C(=O)[C@@H](N(C)C)[C@@H]4C[C@@H]32)cc1. The van der Waals surface area contributed by atoms with Crippen molar-refractivity contribution in [1.82, 2.24) is 4.90 Å². The van der Waals surface area contributed by atoms with E-state index in [0.717, 1.165) is 0 Å². The summed E-state index contributed by atoms with van der Waals surface area (Å²) >= 11 is 0. The zero-order valence-electron chi connectivity index (χ0n) is 22.0. The number of Topliss-reactive ketones (excluding diaryl/α,β-unsaturated/α-hetero) is 3. The van der Waals surface area contributed by atoms with E-state index in [2.05, 4.69) is 0 Å². The average Bonchev–Trinajstić information content (AvgIpc) is 2.88. The number of carbonyl (C=O) groups is 4. The van der Waals surface area contributed by atoms with Crippen molar-refractivity contribution in [1.29, 1.82) is 0 Å². The van der Waals surface area contributed by atoms with Gasteiger partial charge in [-0.05, 0) is 50.2 Å². The van der Waals surface area contributed by atoms with Crippen LogP contribution in [0.25, 0.3) is 17.4 Å². The number of aliphatic hydroxyl groups is 3. The monoisotopic (exact) mass is 544 g/mol. The van der Waals surface area contributed by atoms with E-state index in [-0.39, 0.29) is 29.1 Å². The molecule has 0 aliphatic heterocycles. The van der Waals surface area contributed by atoms with Crippen LogP contribution < -0.4 is 5.73 Å². The quantitative estimate of drug-likeness (QED) is 0.285.